The Morgan fingerprint density at radius 2 is 0.955 bits per heavy atom. The van der Waals surface area contributed by atoms with E-state index in [1.807, 2.05) is 0 Å². The lowest BCUT2D eigenvalue weighted by Crippen LogP contribution is -2.15. The Labute approximate surface area is 131 Å². The van der Waals surface area contributed by atoms with Gasteiger partial charge in [-0.25, -0.2) is 0 Å². The fourth-order valence-electron chi connectivity index (χ4n) is 1.25. The summed E-state index contributed by atoms with van der Waals surface area (Å²) in [4.78, 5) is 17.2. The van der Waals surface area contributed by atoms with E-state index in [0.29, 0.717) is 66.0 Å². The van der Waals surface area contributed by atoms with E-state index in [9.17, 15) is 4.57 Å². The van der Waals surface area contributed by atoms with Crippen LogP contribution in [0.3, 0.4) is 0 Å². The van der Waals surface area contributed by atoms with Crippen LogP contribution in [0.1, 0.15) is 0 Å². The van der Waals surface area contributed by atoms with Gasteiger partial charge in [0.2, 0.25) is 0 Å². The number of nitrogens with two attached hydrogens (primary N) is 1. The van der Waals surface area contributed by atoms with Crippen molar-refractivity contribution in [2.24, 2.45) is 5.73 Å². The maximum Gasteiger partial charge on any atom is 0.327 e. The first-order valence-electron chi connectivity index (χ1n) is 7.19. The van der Waals surface area contributed by atoms with Gasteiger partial charge in [0.25, 0.3) is 0 Å². The Morgan fingerprint density at radius 3 is 1.27 bits per heavy atom. The van der Waals surface area contributed by atoms with Crippen molar-refractivity contribution in [3.63, 3.8) is 0 Å². The largest absolute Gasteiger partial charge is 0.378 e. The minimum Gasteiger partial charge on any atom is -0.378 e. The highest BCUT2D eigenvalue weighted by molar-refractivity contribution is 7.51. The molecule has 0 fully saturated rings. The smallest absolute Gasteiger partial charge is 0.327 e. The Hall–Kier alpha value is -0.0900. The molecule has 0 amide bonds. The molecule has 0 aliphatic carbocycles. The van der Waals surface area contributed by atoms with Crippen LogP contribution in [-0.4, -0.2) is 88.6 Å². The second-order valence-corrected chi connectivity index (χ2v) is 6.02. The maximum absolute atomic E-state index is 10.5. The van der Waals surface area contributed by atoms with E-state index in [0.717, 1.165) is 0 Å². The number of ether oxygens (including phenoxy) is 5. The molecule has 0 bridgehead atoms. The second kappa shape index (κ2) is 15.8. The highest BCUT2D eigenvalue weighted by Crippen LogP contribution is 2.33. The fraction of sp³-hybridized carbons (Fsp3) is 1.00. The summed E-state index contributed by atoms with van der Waals surface area (Å²) in [5.74, 6) is 0. The molecule has 22 heavy (non-hydrogen) atoms. The molecule has 0 aromatic carbocycles. The molecule has 10 heteroatoms. The second-order valence-electron chi connectivity index (χ2n) is 4.24. The third kappa shape index (κ3) is 19.9. The summed E-state index contributed by atoms with van der Waals surface area (Å²) < 4.78 is 36.4. The van der Waals surface area contributed by atoms with Crippen LogP contribution < -0.4 is 5.73 Å². The molecule has 0 aromatic rings. The first-order valence-corrected chi connectivity index (χ1v) is 8.99. The van der Waals surface area contributed by atoms with Gasteiger partial charge in [0, 0.05) is 6.54 Å². The Kier molecular flexibility index (Phi) is 15.7. The zero-order valence-electron chi connectivity index (χ0n) is 12.9. The molecule has 0 aromatic heterocycles. The molecule has 0 saturated carbocycles. The molecule has 0 atom stereocenters. The lowest BCUT2D eigenvalue weighted by Gasteiger charge is -2.08. The summed E-state index contributed by atoms with van der Waals surface area (Å²) >= 11 is 0. The van der Waals surface area contributed by atoms with Gasteiger partial charge < -0.3 is 39.2 Å². The molecule has 0 heterocycles. The monoisotopic (exact) mass is 345 g/mol. The van der Waals surface area contributed by atoms with E-state index in [1.165, 1.54) is 0 Å². The third-order valence-corrected chi connectivity index (χ3v) is 3.04. The van der Waals surface area contributed by atoms with Crippen molar-refractivity contribution in [1.82, 2.24) is 0 Å². The molecule has 134 valence electrons. The van der Waals surface area contributed by atoms with Crippen molar-refractivity contribution in [3.8, 4) is 0 Å². The molecule has 0 aliphatic rings. The zero-order chi connectivity index (χ0) is 16.5. The van der Waals surface area contributed by atoms with E-state index in [-0.39, 0.29) is 12.8 Å². The Balaban J connectivity index is 3.01. The van der Waals surface area contributed by atoms with Crippen molar-refractivity contribution in [2.45, 2.75) is 0 Å². The summed E-state index contributed by atoms with van der Waals surface area (Å²) in [6.45, 7) is 4.65. The van der Waals surface area contributed by atoms with Gasteiger partial charge in [-0.2, -0.15) is 0 Å². The van der Waals surface area contributed by atoms with Crippen LogP contribution in [0.2, 0.25) is 0 Å². The van der Waals surface area contributed by atoms with Crippen LogP contribution in [-0.2, 0) is 28.2 Å². The first-order chi connectivity index (χ1) is 10.6. The van der Waals surface area contributed by atoms with Crippen LogP contribution in [0.15, 0.2) is 0 Å². The van der Waals surface area contributed by atoms with Gasteiger partial charge in [-0.15, -0.1) is 0 Å². The van der Waals surface area contributed by atoms with Crippen LogP contribution >= 0.6 is 7.60 Å². The summed E-state index contributed by atoms with van der Waals surface area (Å²) in [5.41, 5.74) is 5.26. The average Bonchev–Trinajstić information content (AvgIpc) is 2.45. The molecule has 0 spiro atoms. The van der Waals surface area contributed by atoms with E-state index in [2.05, 4.69) is 0 Å². The number of hydrogen-bond donors (Lipinski definition) is 3. The Morgan fingerprint density at radius 1 is 0.636 bits per heavy atom. The van der Waals surface area contributed by atoms with E-state index < -0.39 is 7.60 Å². The molecule has 0 rings (SSSR count). The summed E-state index contributed by atoms with van der Waals surface area (Å²) in [6.07, 6.45) is -0.270. The fourth-order valence-corrected chi connectivity index (χ4v) is 1.62. The molecular weight excluding hydrogens is 317 g/mol. The molecule has 0 unspecified atom stereocenters. The van der Waals surface area contributed by atoms with Crippen LogP contribution in [0.25, 0.3) is 0 Å². The third-order valence-electron chi connectivity index (χ3n) is 2.28. The van der Waals surface area contributed by atoms with E-state index >= 15 is 0 Å². The highest BCUT2D eigenvalue weighted by Gasteiger charge is 2.11. The normalized spacial score (nSPS) is 12.0. The Bertz CT molecular complexity index is 276. The van der Waals surface area contributed by atoms with E-state index in [4.69, 9.17) is 39.2 Å². The van der Waals surface area contributed by atoms with Gasteiger partial charge >= 0.3 is 7.60 Å². The average molecular weight is 345 g/mol. The van der Waals surface area contributed by atoms with Crippen molar-refractivity contribution in [1.29, 1.82) is 0 Å². The predicted octanol–water partition coefficient (Wildman–Crippen LogP) is -0.794. The van der Waals surface area contributed by atoms with Gasteiger partial charge in [-0.3, -0.25) is 4.57 Å². The lowest BCUT2D eigenvalue weighted by atomic mass is 10.7. The maximum atomic E-state index is 10.5. The summed E-state index contributed by atoms with van der Waals surface area (Å²) in [7, 11) is -3.96. The minimum atomic E-state index is -3.96. The van der Waals surface area contributed by atoms with Crippen LogP contribution in [0, 0.1) is 0 Å². The molecule has 0 radical (unpaired) electrons. The first kappa shape index (κ1) is 21.9. The van der Waals surface area contributed by atoms with Gasteiger partial charge in [0.05, 0.1) is 72.2 Å². The lowest BCUT2D eigenvalue weighted by molar-refractivity contribution is -0.00968. The SMILES string of the molecule is NCCOCCOCCOCCOCCOCCP(=O)(O)O. The van der Waals surface area contributed by atoms with Gasteiger partial charge in [0.15, 0.2) is 0 Å². The quantitative estimate of drug-likeness (QED) is 0.229. The van der Waals surface area contributed by atoms with Crippen LogP contribution in [0.4, 0.5) is 0 Å². The van der Waals surface area contributed by atoms with Gasteiger partial charge in [0.1, 0.15) is 0 Å². The highest BCUT2D eigenvalue weighted by atomic mass is 31.2. The molecule has 4 N–H and O–H groups in total. The molecular formula is C12H28NO8P. The molecule has 0 saturated heterocycles. The van der Waals surface area contributed by atoms with Crippen molar-refractivity contribution < 1.29 is 38.0 Å². The van der Waals surface area contributed by atoms with Crippen molar-refractivity contribution in [2.75, 3.05) is 78.8 Å². The number of rotatable bonds is 17. The van der Waals surface area contributed by atoms with Gasteiger partial charge in [-0.1, -0.05) is 0 Å². The number of hydrogen-bond acceptors (Lipinski definition) is 7. The van der Waals surface area contributed by atoms with Crippen molar-refractivity contribution in [3.05, 3.63) is 0 Å². The molecule has 9 nitrogen and oxygen atoms in total. The topological polar surface area (TPSA) is 130 Å². The zero-order valence-corrected chi connectivity index (χ0v) is 13.7. The summed E-state index contributed by atoms with van der Waals surface area (Å²) in [5, 5.41) is 0. The predicted molar refractivity (Wildman–Crippen MR) is 80.1 cm³/mol. The standard InChI is InChI=1S/C12H28NO8P/c13-1-2-17-3-4-18-5-6-19-7-8-20-9-10-21-11-12-22(14,15)16/h1-13H2,(H2,14,15,16). The molecule has 0 aliphatic heterocycles. The van der Waals surface area contributed by atoms with Crippen molar-refractivity contribution >= 4 is 7.60 Å². The van der Waals surface area contributed by atoms with Gasteiger partial charge in [-0.05, 0) is 0 Å². The van der Waals surface area contributed by atoms with E-state index in [1.54, 1.807) is 0 Å². The van der Waals surface area contributed by atoms with Crippen LogP contribution in [0.5, 0.6) is 0 Å². The summed E-state index contributed by atoms with van der Waals surface area (Å²) in [6, 6.07) is 0. The minimum absolute atomic E-state index is 0.0243.